The van der Waals surface area contributed by atoms with E-state index in [1.807, 2.05) is 35.8 Å². The summed E-state index contributed by atoms with van der Waals surface area (Å²) in [7, 11) is 0. The molecule has 1 aromatic carbocycles. The fraction of sp³-hybridized carbons (Fsp3) is 0.250. The molecule has 1 aliphatic rings. The van der Waals surface area contributed by atoms with Crippen LogP contribution >= 0.6 is 33.9 Å². The lowest BCUT2D eigenvalue weighted by molar-refractivity contribution is 0.0914. The Bertz CT molecular complexity index is 1330. The summed E-state index contributed by atoms with van der Waals surface area (Å²) in [4.78, 5) is 35.7. The van der Waals surface area contributed by atoms with Gasteiger partial charge in [0.15, 0.2) is 0 Å². The average Bonchev–Trinajstić information content (AvgIpc) is 3.28. The Morgan fingerprint density at radius 1 is 1.19 bits per heavy atom. The first-order valence-corrected chi connectivity index (χ1v) is 12.5. The first-order valence-electron chi connectivity index (χ1n) is 10.5. The molecule has 0 aliphatic heterocycles. The Balaban J connectivity index is 1.63. The van der Waals surface area contributed by atoms with E-state index in [0.29, 0.717) is 15.6 Å². The molecular weight excluding hydrogens is 535 g/mol. The molecule has 0 unspecified atom stereocenters. The minimum Gasteiger partial charge on any atom is -0.349 e. The molecule has 0 saturated heterocycles. The Morgan fingerprint density at radius 2 is 2.00 bits per heavy atom. The highest BCUT2D eigenvalue weighted by atomic mass is 127. The van der Waals surface area contributed by atoms with Crippen molar-refractivity contribution in [3.63, 3.8) is 0 Å². The molecule has 1 N–H and O–H groups in total. The molecule has 32 heavy (non-hydrogen) atoms. The van der Waals surface area contributed by atoms with Crippen molar-refractivity contribution in [3.05, 3.63) is 89.8 Å². The number of benzene rings is 1. The monoisotopic (exact) mass is 556 g/mol. The molecule has 1 amide bonds. The van der Waals surface area contributed by atoms with Crippen molar-refractivity contribution < 1.29 is 4.79 Å². The lowest BCUT2D eigenvalue weighted by Gasteiger charge is -2.26. The van der Waals surface area contributed by atoms with Crippen LogP contribution in [0.4, 0.5) is 0 Å². The maximum Gasteiger partial charge on any atom is 0.265 e. The molecule has 1 aliphatic carbocycles. The molecule has 3 aromatic heterocycles. The first kappa shape index (κ1) is 21.3. The highest BCUT2D eigenvalue weighted by molar-refractivity contribution is 14.1. The van der Waals surface area contributed by atoms with Gasteiger partial charge < -0.3 is 5.32 Å². The van der Waals surface area contributed by atoms with Gasteiger partial charge >= 0.3 is 0 Å². The summed E-state index contributed by atoms with van der Waals surface area (Å²) < 4.78 is 2.24. The van der Waals surface area contributed by atoms with E-state index in [0.717, 1.165) is 41.8 Å². The minimum absolute atomic E-state index is 0.155. The molecule has 0 spiro atoms. The summed E-state index contributed by atoms with van der Waals surface area (Å²) in [6.45, 7) is 0.310. The van der Waals surface area contributed by atoms with Gasteiger partial charge in [-0.3, -0.25) is 19.1 Å². The summed E-state index contributed by atoms with van der Waals surface area (Å²) in [6, 6.07) is 12.3. The third-order valence-corrected chi connectivity index (χ3v) is 7.61. The average molecular weight is 556 g/mol. The zero-order chi connectivity index (χ0) is 22.1. The van der Waals surface area contributed by atoms with Gasteiger partial charge in [0.2, 0.25) is 0 Å². The Hall–Kier alpha value is -2.59. The molecule has 5 rings (SSSR count). The Kier molecular flexibility index (Phi) is 6.05. The number of nitrogens with zero attached hydrogens (tertiary/aromatic N) is 3. The molecule has 162 valence electrons. The Morgan fingerprint density at radius 3 is 2.69 bits per heavy atom. The molecule has 3 heterocycles. The zero-order valence-electron chi connectivity index (χ0n) is 17.3. The summed E-state index contributed by atoms with van der Waals surface area (Å²) in [5, 5.41) is 5.71. The smallest absolute Gasteiger partial charge is 0.265 e. The molecule has 4 aromatic rings. The van der Waals surface area contributed by atoms with Gasteiger partial charge in [0.1, 0.15) is 16.1 Å². The van der Waals surface area contributed by atoms with E-state index in [4.69, 9.17) is 4.98 Å². The van der Waals surface area contributed by atoms with Crippen molar-refractivity contribution in [2.75, 3.05) is 0 Å². The molecular formula is C24H21IN4O2S. The van der Waals surface area contributed by atoms with E-state index in [2.05, 4.69) is 45.0 Å². The molecule has 8 heteroatoms. The number of carbonyl (C=O) groups excluding carboxylic acids is 1. The molecule has 0 atom stereocenters. The number of hydrogen-bond acceptors (Lipinski definition) is 5. The van der Waals surface area contributed by atoms with Crippen LogP contribution in [0.3, 0.4) is 0 Å². The van der Waals surface area contributed by atoms with Gasteiger partial charge in [0, 0.05) is 23.8 Å². The second-order valence-electron chi connectivity index (χ2n) is 7.98. The molecule has 1 fully saturated rings. The number of pyridine rings is 2. The van der Waals surface area contributed by atoms with E-state index in [1.165, 1.54) is 16.9 Å². The number of hydrogen-bond donors (Lipinski definition) is 1. The number of nitrogens with one attached hydrogen (secondary N) is 1. The molecule has 1 saturated carbocycles. The lowest BCUT2D eigenvalue weighted by atomic mass is 9.93. The molecule has 6 nitrogen and oxygen atoms in total. The third kappa shape index (κ3) is 4.21. The number of thiazole rings is 1. The predicted molar refractivity (Wildman–Crippen MR) is 134 cm³/mol. The van der Waals surface area contributed by atoms with Crippen molar-refractivity contribution in [2.45, 2.75) is 38.3 Å². The third-order valence-electron chi connectivity index (χ3n) is 5.80. The van der Waals surface area contributed by atoms with Crippen LogP contribution in [-0.2, 0) is 13.0 Å². The van der Waals surface area contributed by atoms with Crippen molar-refractivity contribution in [1.29, 1.82) is 0 Å². The zero-order valence-corrected chi connectivity index (χ0v) is 20.2. The number of halogens is 1. The number of fused-ring (bicyclic) bond motifs is 1. The second-order valence-corrected chi connectivity index (χ2v) is 10.0. The summed E-state index contributed by atoms with van der Waals surface area (Å²) in [5.41, 5.74) is 3.45. The van der Waals surface area contributed by atoms with E-state index in [9.17, 15) is 9.59 Å². The van der Waals surface area contributed by atoms with Crippen LogP contribution in [0.15, 0.2) is 59.0 Å². The maximum absolute atomic E-state index is 13.6. The standard InChI is InChI=1S/C24H21IN4O2S/c25-21-20(23(30)28-17-7-4-8-17)24(31)29(14-19-26-9-10-32-19)18-12-16(13-27-22(18)21)11-15-5-2-1-3-6-15/h1-3,5-6,9-10,12-13,17H,4,7-8,11,14H2,(H,28,30). The number of rotatable bonds is 6. The van der Waals surface area contributed by atoms with E-state index in [-0.39, 0.29) is 23.1 Å². The molecule has 0 bridgehead atoms. The van der Waals surface area contributed by atoms with Crippen LogP contribution in [0, 0.1) is 3.57 Å². The van der Waals surface area contributed by atoms with Crippen LogP contribution in [-0.4, -0.2) is 26.5 Å². The first-order chi connectivity index (χ1) is 15.6. The van der Waals surface area contributed by atoms with Crippen LogP contribution in [0.2, 0.25) is 0 Å². The lowest BCUT2D eigenvalue weighted by Crippen LogP contribution is -2.43. The van der Waals surface area contributed by atoms with Gasteiger partial charge in [0.25, 0.3) is 11.5 Å². The van der Waals surface area contributed by atoms with Gasteiger partial charge in [-0.1, -0.05) is 30.3 Å². The summed E-state index contributed by atoms with van der Waals surface area (Å²) >= 11 is 3.58. The van der Waals surface area contributed by atoms with Crippen LogP contribution in [0.25, 0.3) is 11.0 Å². The largest absolute Gasteiger partial charge is 0.349 e. The SMILES string of the molecule is O=C(NC1CCC1)c1c(I)c2ncc(Cc3ccccc3)cc2n(Cc2nccs2)c1=O. The van der Waals surface area contributed by atoms with Crippen LogP contribution in [0.5, 0.6) is 0 Å². The van der Waals surface area contributed by atoms with Crippen molar-refractivity contribution >= 4 is 50.9 Å². The van der Waals surface area contributed by atoms with Crippen LogP contribution in [0.1, 0.15) is 45.8 Å². The number of carbonyl (C=O) groups is 1. The fourth-order valence-electron chi connectivity index (χ4n) is 3.88. The van der Waals surface area contributed by atoms with Crippen LogP contribution < -0.4 is 10.9 Å². The second kappa shape index (κ2) is 9.11. The fourth-order valence-corrected chi connectivity index (χ4v) is 5.38. The maximum atomic E-state index is 13.6. The topological polar surface area (TPSA) is 76.9 Å². The highest BCUT2D eigenvalue weighted by Gasteiger charge is 2.26. The predicted octanol–water partition coefficient (Wildman–Crippen LogP) is 4.38. The van der Waals surface area contributed by atoms with Crippen molar-refractivity contribution in [2.24, 2.45) is 0 Å². The quantitative estimate of drug-likeness (QED) is 0.358. The number of aromatic nitrogens is 3. The van der Waals surface area contributed by atoms with Gasteiger partial charge in [-0.15, -0.1) is 11.3 Å². The summed E-state index contributed by atoms with van der Waals surface area (Å²) in [5.74, 6) is -0.311. The van der Waals surface area contributed by atoms with E-state index < -0.39 is 0 Å². The molecule has 0 radical (unpaired) electrons. The summed E-state index contributed by atoms with van der Waals surface area (Å²) in [6.07, 6.45) is 7.32. The van der Waals surface area contributed by atoms with E-state index in [1.54, 1.807) is 10.8 Å². The van der Waals surface area contributed by atoms with Crippen molar-refractivity contribution in [1.82, 2.24) is 19.9 Å². The highest BCUT2D eigenvalue weighted by Crippen LogP contribution is 2.24. The Labute approximate surface area is 202 Å². The van der Waals surface area contributed by atoms with Gasteiger partial charge in [-0.25, -0.2) is 4.98 Å². The van der Waals surface area contributed by atoms with Gasteiger partial charge in [-0.2, -0.15) is 0 Å². The van der Waals surface area contributed by atoms with E-state index >= 15 is 0 Å². The van der Waals surface area contributed by atoms with Gasteiger partial charge in [-0.05, 0) is 65.5 Å². The normalized spacial score (nSPS) is 13.8. The minimum atomic E-state index is -0.311. The van der Waals surface area contributed by atoms with Gasteiger partial charge in [0.05, 0.1) is 15.6 Å². The van der Waals surface area contributed by atoms with Crippen molar-refractivity contribution in [3.8, 4) is 0 Å². The number of amides is 1.